The highest BCUT2D eigenvalue weighted by Crippen LogP contribution is 2.63. The molecule has 2 unspecified atom stereocenters. The van der Waals surface area contributed by atoms with E-state index in [1.165, 1.54) is 4.90 Å². The van der Waals surface area contributed by atoms with Crippen molar-refractivity contribution in [3.05, 3.63) is 60.2 Å². The largest absolute Gasteiger partial charge is 0.494 e. The summed E-state index contributed by atoms with van der Waals surface area (Å²) in [5.74, 6) is -1.85. The first-order chi connectivity index (χ1) is 19.8. The highest BCUT2D eigenvalue weighted by atomic mass is 16.5. The van der Waals surface area contributed by atoms with Crippen LogP contribution < -0.4 is 15.4 Å². The van der Waals surface area contributed by atoms with Gasteiger partial charge in [-0.25, -0.2) is 0 Å². The highest BCUT2D eigenvalue weighted by Gasteiger charge is 2.78. The Morgan fingerprint density at radius 1 is 1.10 bits per heavy atom. The van der Waals surface area contributed by atoms with Gasteiger partial charge in [0, 0.05) is 12.2 Å². The first kappa shape index (κ1) is 29.1. The van der Waals surface area contributed by atoms with Crippen molar-refractivity contribution in [2.24, 2.45) is 11.8 Å². The van der Waals surface area contributed by atoms with E-state index in [4.69, 9.17) is 9.47 Å². The Kier molecular flexibility index (Phi) is 8.38. The summed E-state index contributed by atoms with van der Waals surface area (Å²) in [6.07, 6.45) is 3.13. The number of nitrogens with zero attached hydrogens (tertiary/aromatic N) is 1. The smallest absolute Gasteiger partial charge is 0.245 e. The van der Waals surface area contributed by atoms with E-state index in [1.54, 1.807) is 24.3 Å². The van der Waals surface area contributed by atoms with Gasteiger partial charge in [-0.2, -0.15) is 0 Å². The molecule has 9 heteroatoms. The fraction of sp³-hybridized carbons (Fsp3) is 0.531. The third-order valence-electron chi connectivity index (χ3n) is 8.93. The van der Waals surface area contributed by atoms with Gasteiger partial charge in [0.15, 0.2) is 0 Å². The lowest BCUT2D eigenvalue weighted by molar-refractivity contribution is -0.148. The molecule has 3 amide bonds. The Bertz CT molecular complexity index is 1250. The van der Waals surface area contributed by atoms with Crippen LogP contribution in [0.25, 0.3) is 0 Å². The van der Waals surface area contributed by atoms with Gasteiger partial charge in [0.05, 0.1) is 36.7 Å². The highest BCUT2D eigenvalue weighted by molar-refractivity contribution is 6.02. The van der Waals surface area contributed by atoms with Crippen LogP contribution in [0.4, 0.5) is 5.69 Å². The van der Waals surface area contributed by atoms with E-state index in [2.05, 4.69) is 10.6 Å². The molecular formula is C32H41N3O6. The predicted octanol–water partition coefficient (Wildman–Crippen LogP) is 3.31. The van der Waals surface area contributed by atoms with E-state index >= 15 is 0 Å². The van der Waals surface area contributed by atoms with Crippen LogP contribution in [0.5, 0.6) is 5.75 Å². The van der Waals surface area contributed by atoms with Gasteiger partial charge in [-0.05, 0) is 69.4 Å². The van der Waals surface area contributed by atoms with E-state index in [1.807, 2.05) is 51.1 Å². The molecule has 9 nitrogen and oxygen atoms in total. The Morgan fingerprint density at radius 2 is 1.83 bits per heavy atom. The molecule has 6 atom stereocenters. The summed E-state index contributed by atoms with van der Waals surface area (Å²) in [6.45, 7) is 6.53. The lowest BCUT2D eigenvalue weighted by atomic mass is 9.66. The number of aliphatic hydroxyl groups is 1. The molecule has 0 radical (unpaired) electrons. The molecule has 3 aliphatic rings. The van der Waals surface area contributed by atoms with Crippen LogP contribution in [0.3, 0.4) is 0 Å². The minimum absolute atomic E-state index is 0.294. The molecule has 0 saturated carbocycles. The van der Waals surface area contributed by atoms with Crippen LogP contribution in [0, 0.1) is 11.8 Å². The van der Waals surface area contributed by atoms with Crippen molar-refractivity contribution in [1.82, 2.24) is 10.2 Å². The van der Waals surface area contributed by atoms with Crippen molar-refractivity contribution < 1.29 is 29.0 Å². The normalized spacial score (nSPS) is 28.8. The average Bonchev–Trinajstić information content (AvgIpc) is 3.54. The summed E-state index contributed by atoms with van der Waals surface area (Å²) in [6, 6.07) is 15.1. The van der Waals surface area contributed by atoms with Crippen molar-refractivity contribution in [3.8, 4) is 5.75 Å². The second-order valence-electron chi connectivity index (χ2n) is 11.6. The lowest BCUT2D eigenvalue weighted by Gasteiger charge is -2.37. The molecule has 220 valence electrons. The maximum atomic E-state index is 14.4. The van der Waals surface area contributed by atoms with E-state index in [9.17, 15) is 19.5 Å². The number of likely N-dealkylation sites (tertiary alicyclic amines) is 1. The zero-order valence-corrected chi connectivity index (χ0v) is 24.1. The van der Waals surface area contributed by atoms with Gasteiger partial charge in [-0.1, -0.05) is 43.7 Å². The predicted molar refractivity (Wildman–Crippen MR) is 154 cm³/mol. The Morgan fingerprint density at radius 3 is 2.49 bits per heavy atom. The number of carbonyl (C=O) groups excluding carboxylic acids is 3. The number of hydrogen-bond acceptors (Lipinski definition) is 6. The van der Waals surface area contributed by atoms with Crippen molar-refractivity contribution in [3.63, 3.8) is 0 Å². The number of aliphatic hydroxyl groups excluding tert-OH is 1. The van der Waals surface area contributed by atoms with Crippen LogP contribution in [0.1, 0.15) is 52.0 Å². The number of fused-ring (bicyclic) bond motifs is 1. The number of rotatable bonds is 12. The first-order valence-electron chi connectivity index (χ1n) is 14.8. The third-order valence-corrected chi connectivity index (χ3v) is 8.93. The quantitative estimate of drug-likeness (QED) is 0.341. The minimum Gasteiger partial charge on any atom is -0.494 e. The van der Waals surface area contributed by atoms with Crippen molar-refractivity contribution >= 4 is 23.4 Å². The molecule has 0 aliphatic carbocycles. The van der Waals surface area contributed by atoms with Crippen LogP contribution in [-0.2, 0) is 25.5 Å². The van der Waals surface area contributed by atoms with E-state index in [0.29, 0.717) is 43.9 Å². The molecule has 3 saturated heterocycles. The number of nitrogens with one attached hydrogen (secondary N) is 2. The minimum atomic E-state index is -1.15. The first-order valence-corrected chi connectivity index (χ1v) is 14.8. The van der Waals surface area contributed by atoms with Crippen LogP contribution >= 0.6 is 0 Å². The maximum absolute atomic E-state index is 14.4. The van der Waals surface area contributed by atoms with Crippen molar-refractivity contribution in [2.45, 2.75) is 76.2 Å². The van der Waals surface area contributed by atoms with Gasteiger partial charge in [0.1, 0.15) is 17.4 Å². The summed E-state index contributed by atoms with van der Waals surface area (Å²) < 4.78 is 12.2. The van der Waals surface area contributed by atoms with Crippen LogP contribution in [-0.4, -0.2) is 70.8 Å². The fourth-order valence-corrected chi connectivity index (χ4v) is 7.10. The van der Waals surface area contributed by atoms with E-state index in [0.717, 1.165) is 18.4 Å². The molecule has 3 fully saturated rings. The second kappa shape index (κ2) is 11.8. The standard InChI is InChI=1S/C32H41N3O6/c1-4-6-18-33-29(38)27-32-17-16-31(3,41-32)25(28(37)34-22-12-14-24(15-13-22)40-5-2)26(32)30(39)35(27)23(20-36)19-21-10-8-7-9-11-21/h7-15,23,25-27,36H,4-6,16-20H2,1-3H3,(H,33,38)(H,34,37)/t23-,25+,26+,27?,31-,32?/m1/s1. The molecule has 0 aromatic heterocycles. The molecule has 2 aromatic carbocycles. The SMILES string of the molecule is CCCCNC(=O)C1N([C@@H](CO)Cc2ccccc2)C(=O)[C@@H]2[C@@H](C(=O)Nc3ccc(OCC)cc3)[C@@]3(C)CCC12O3. The maximum Gasteiger partial charge on any atom is 0.245 e. The average molecular weight is 564 g/mol. The lowest BCUT2D eigenvalue weighted by Crippen LogP contribution is -2.58. The number of benzene rings is 2. The van der Waals surface area contributed by atoms with Gasteiger partial charge >= 0.3 is 0 Å². The molecule has 3 N–H and O–H groups in total. The molecule has 3 heterocycles. The Hall–Kier alpha value is -3.43. The number of hydrogen-bond donors (Lipinski definition) is 3. The Balaban J connectivity index is 1.48. The van der Waals surface area contributed by atoms with Crippen molar-refractivity contribution in [1.29, 1.82) is 0 Å². The zero-order valence-electron chi connectivity index (χ0n) is 24.1. The van der Waals surface area contributed by atoms with Crippen molar-refractivity contribution in [2.75, 3.05) is 25.1 Å². The number of carbonyl (C=O) groups is 3. The number of anilines is 1. The van der Waals surface area contributed by atoms with Gasteiger partial charge in [-0.3, -0.25) is 14.4 Å². The number of unbranched alkanes of at least 4 members (excludes halogenated alkanes) is 1. The van der Waals surface area contributed by atoms with E-state index in [-0.39, 0.29) is 24.3 Å². The van der Waals surface area contributed by atoms with Gasteiger partial charge in [0.2, 0.25) is 17.7 Å². The topological polar surface area (TPSA) is 117 Å². The summed E-state index contributed by atoms with van der Waals surface area (Å²) >= 11 is 0. The molecule has 2 aromatic rings. The fourth-order valence-electron chi connectivity index (χ4n) is 7.10. The summed E-state index contributed by atoms with van der Waals surface area (Å²) in [5, 5.41) is 16.5. The summed E-state index contributed by atoms with van der Waals surface area (Å²) in [7, 11) is 0. The monoisotopic (exact) mass is 563 g/mol. The molecule has 2 bridgehead atoms. The molecule has 5 rings (SSSR count). The van der Waals surface area contributed by atoms with Crippen LogP contribution in [0.2, 0.25) is 0 Å². The summed E-state index contributed by atoms with van der Waals surface area (Å²) in [5.41, 5.74) is -0.501. The molecule has 3 aliphatic heterocycles. The van der Waals surface area contributed by atoms with Gasteiger partial charge in [-0.15, -0.1) is 0 Å². The molecule has 41 heavy (non-hydrogen) atoms. The third kappa shape index (κ3) is 5.21. The van der Waals surface area contributed by atoms with Gasteiger partial charge in [0.25, 0.3) is 0 Å². The zero-order chi connectivity index (χ0) is 29.2. The summed E-state index contributed by atoms with van der Waals surface area (Å²) in [4.78, 5) is 43.7. The molecular weight excluding hydrogens is 522 g/mol. The number of amides is 3. The number of ether oxygens (including phenoxy) is 2. The van der Waals surface area contributed by atoms with Gasteiger partial charge < -0.3 is 30.1 Å². The van der Waals surface area contributed by atoms with E-state index < -0.39 is 35.1 Å². The Labute approximate surface area is 241 Å². The molecule has 1 spiro atoms. The van der Waals surface area contributed by atoms with Crippen LogP contribution in [0.15, 0.2) is 54.6 Å². The second-order valence-corrected chi connectivity index (χ2v) is 11.6.